The Balaban J connectivity index is 1.43. The molecule has 0 bridgehead atoms. The maximum atomic E-state index is 13.2. The van der Waals surface area contributed by atoms with Crippen LogP contribution >= 0.6 is 0 Å². The molecule has 0 spiro atoms. The predicted molar refractivity (Wildman–Crippen MR) is 148 cm³/mol. The Bertz CT molecular complexity index is 1600. The number of hydrogen-bond donors (Lipinski definition) is 0. The van der Waals surface area contributed by atoms with Crippen molar-refractivity contribution in [1.29, 1.82) is 0 Å². The normalized spacial score (nSPS) is 14.1. The smallest absolute Gasteiger partial charge is 0.343 e. The highest BCUT2D eigenvalue weighted by Gasteiger charge is 2.31. The van der Waals surface area contributed by atoms with Crippen LogP contribution in [-0.2, 0) is 12.0 Å². The lowest BCUT2D eigenvalue weighted by Crippen LogP contribution is -2.13. The standard InChI is InChI=1S/C32H31NO5/c1-7-33-18-21(25-17-23(36-6)12-14-26(25)33)16-28-29(34)24-13-15-27(19(2)30(24)37-28)38-31(35)20-8-10-22(11-9-20)32(3,4)5/h8-18H,7H2,1-6H3/b28-16-. The molecule has 0 fully saturated rings. The summed E-state index contributed by atoms with van der Waals surface area (Å²) in [5.74, 6) is 1.06. The Labute approximate surface area is 222 Å². The zero-order valence-corrected chi connectivity index (χ0v) is 22.5. The summed E-state index contributed by atoms with van der Waals surface area (Å²) in [5, 5.41) is 0.967. The summed E-state index contributed by atoms with van der Waals surface area (Å²) in [5.41, 5.74) is 4.53. The highest BCUT2D eigenvalue weighted by atomic mass is 16.5. The van der Waals surface area contributed by atoms with E-state index in [9.17, 15) is 9.59 Å². The first-order valence-corrected chi connectivity index (χ1v) is 12.7. The van der Waals surface area contributed by atoms with Gasteiger partial charge in [0.25, 0.3) is 0 Å². The van der Waals surface area contributed by atoms with Crippen molar-refractivity contribution in [1.82, 2.24) is 4.57 Å². The number of ketones is 1. The van der Waals surface area contributed by atoms with E-state index in [4.69, 9.17) is 14.2 Å². The van der Waals surface area contributed by atoms with Crippen LogP contribution in [0.1, 0.15) is 65.1 Å². The predicted octanol–water partition coefficient (Wildman–Crippen LogP) is 7.11. The van der Waals surface area contributed by atoms with Crippen LogP contribution in [0.25, 0.3) is 17.0 Å². The average Bonchev–Trinajstić information content (AvgIpc) is 3.42. The molecule has 4 aromatic rings. The van der Waals surface area contributed by atoms with Gasteiger partial charge in [-0.2, -0.15) is 0 Å². The number of hydrogen-bond acceptors (Lipinski definition) is 5. The van der Waals surface area contributed by atoms with Crippen LogP contribution in [0, 0.1) is 6.92 Å². The number of carbonyl (C=O) groups is 2. The van der Waals surface area contributed by atoms with E-state index >= 15 is 0 Å². The summed E-state index contributed by atoms with van der Waals surface area (Å²) in [6.07, 6.45) is 3.76. The van der Waals surface area contributed by atoms with Gasteiger partial charge < -0.3 is 18.8 Å². The van der Waals surface area contributed by atoms with Gasteiger partial charge in [0.15, 0.2) is 5.76 Å². The number of esters is 1. The van der Waals surface area contributed by atoms with Gasteiger partial charge in [-0.25, -0.2) is 4.79 Å². The number of benzene rings is 3. The highest BCUT2D eigenvalue weighted by Crippen LogP contribution is 2.40. The summed E-state index contributed by atoms with van der Waals surface area (Å²) in [6.45, 7) is 11.0. The van der Waals surface area contributed by atoms with E-state index in [1.54, 1.807) is 44.4 Å². The second kappa shape index (κ2) is 9.53. The number of methoxy groups -OCH3 is 1. The van der Waals surface area contributed by atoms with Crippen LogP contribution in [0.3, 0.4) is 0 Å². The van der Waals surface area contributed by atoms with Gasteiger partial charge >= 0.3 is 5.97 Å². The van der Waals surface area contributed by atoms with E-state index in [1.807, 2.05) is 36.5 Å². The molecular formula is C32H31NO5. The third-order valence-electron chi connectivity index (χ3n) is 6.97. The van der Waals surface area contributed by atoms with Crippen LogP contribution in [0.15, 0.2) is 66.6 Å². The van der Waals surface area contributed by atoms with E-state index in [0.29, 0.717) is 28.2 Å². The Hall–Kier alpha value is -4.32. The third-order valence-corrected chi connectivity index (χ3v) is 6.97. The largest absolute Gasteiger partial charge is 0.497 e. The number of carbonyl (C=O) groups excluding carboxylic acids is 2. The van der Waals surface area contributed by atoms with Crippen molar-refractivity contribution >= 4 is 28.7 Å². The maximum absolute atomic E-state index is 13.2. The first-order valence-electron chi connectivity index (χ1n) is 12.7. The van der Waals surface area contributed by atoms with E-state index in [1.165, 1.54) is 0 Å². The topological polar surface area (TPSA) is 66.8 Å². The molecule has 1 aliphatic heterocycles. The molecule has 0 unspecified atom stereocenters. The first kappa shape index (κ1) is 25.3. The molecule has 38 heavy (non-hydrogen) atoms. The molecule has 5 rings (SSSR count). The van der Waals surface area contributed by atoms with Crippen LogP contribution in [-0.4, -0.2) is 23.4 Å². The van der Waals surface area contributed by atoms with E-state index < -0.39 is 5.97 Å². The Kier molecular flexibility index (Phi) is 6.35. The summed E-state index contributed by atoms with van der Waals surface area (Å²) in [7, 11) is 1.63. The number of ether oxygens (including phenoxy) is 3. The molecule has 3 aromatic carbocycles. The van der Waals surface area contributed by atoms with Gasteiger partial charge in [-0.3, -0.25) is 4.79 Å². The zero-order valence-electron chi connectivity index (χ0n) is 22.5. The van der Waals surface area contributed by atoms with Crippen molar-refractivity contribution < 1.29 is 23.8 Å². The van der Waals surface area contributed by atoms with Crippen molar-refractivity contribution in [2.75, 3.05) is 7.11 Å². The highest BCUT2D eigenvalue weighted by molar-refractivity contribution is 6.15. The van der Waals surface area contributed by atoms with Gasteiger partial charge in [0.05, 0.1) is 18.2 Å². The van der Waals surface area contributed by atoms with Gasteiger partial charge in [-0.1, -0.05) is 32.9 Å². The van der Waals surface area contributed by atoms with Crippen LogP contribution in [0.2, 0.25) is 0 Å². The minimum atomic E-state index is -0.463. The van der Waals surface area contributed by atoms with Crippen molar-refractivity contribution in [2.45, 2.75) is 46.6 Å². The summed E-state index contributed by atoms with van der Waals surface area (Å²) in [4.78, 5) is 26.1. The number of Topliss-reactive ketones (excluding diaryl/α,β-unsaturated/α-hetero) is 1. The van der Waals surface area contributed by atoms with E-state index in [-0.39, 0.29) is 17.0 Å². The number of fused-ring (bicyclic) bond motifs is 2. The SMILES string of the molecule is CCn1cc(/C=C2\Oc3c(ccc(OC(=O)c4ccc(C(C)(C)C)cc4)c3C)C2=O)c2cc(OC)ccc21. The lowest BCUT2D eigenvalue weighted by Gasteiger charge is -2.19. The minimum Gasteiger partial charge on any atom is -0.497 e. The molecule has 1 aromatic heterocycles. The number of aromatic nitrogens is 1. The van der Waals surface area contributed by atoms with Crippen LogP contribution < -0.4 is 14.2 Å². The second-order valence-corrected chi connectivity index (χ2v) is 10.5. The molecule has 0 N–H and O–H groups in total. The maximum Gasteiger partial charge on any atom is 0.343 e. The monoisotopic (exact) mass is 509 g/mol. The van der Waals surface area contributed by atoms with Gasteiger partial charge in [-0.05, 0) is 73.4 Å². The number of rotatable bonds is 5. The van der Waals surface area contributed by atoms with Gasteiger partial charge in [0.2, 0.25) is 5.78 Å². The molecule has 1 aliphatic rings. The summed E-state index contributed by atoms with van der Waals surface area (Å²) in [6, 6.07) is 16.6. The lowest BCUT2D eigenvalue weighted by molar-refractivity contribution is 0.0733. The number of aryl methyl sites for hydroxylation is 1. The molecule has 194 valence electrons. The third kappa shape index (κ3) is 4.47. The lowest BCUT2D eigenvalue weighted by atomic mass is 9.87. The summed E-state index contributed by atoms with van der Waals surface area (Å²) >= 11 is 0. The molecular weight excluding hydrogens is 478 g/mol. The average molecular weight is 510 g/mol. The molecule has 6 nitrogen and oxygen atoms in total. The number of nitrogens with zero attached hydrogens (tertiary/aromatic N) is 1. The molecule has 2 heterocycles. The van der Waals surface area contributed by atoms with Crippen molar-refractivity contribution in [3.05, 3.63) is 94.4 Å². The van der Waals surface area contributed by atoms with E-state index in [0.717, 1.165) is 34.3 Å². The Morgan fingerprint density at radius 3 is 2.45 bits per heavy atom. The Morgan fingerprint density at radius 1 is 1.05 bits per heavy atom. The van der Waals surface area contributed by atoms with Crippen LogP contribution in [0.4, 0.5) is 0 Å². The van der Waals surface area contributed by atoms with Gasteiger partial charge in [0, 0.05) is 34.8 Å². The fourth-order valence-corrected chi connectivity index (χ4v) is 4.69. The van der Waals surface area contributed by atoms with E-state index in [2.05, 4.69) is 32.3 Å². The minimum absolute atomic E-state index is 0.00831. The fraction of sp³-hybridized carbons (Fsp3) is 0.250. The molecule has 6 heteroatoms. The fourth-order valence-electron chi connectivity index (χ4n) is 4.69. The molecule has 0 saturated heterocycles. The van der Waals surface area contributed by atoms with Gasteiger partial charge in [-0.15, -0.1) is 0 Å². The zero-order chi connectivity index (χ0) is 27.2. The van der Waals surface area contributed by atoms with Gasteiger partial charge in [0.1, 0.15) is 17.2 Å². The first-order chi connectivity index (χ1) is 18.1. The van der Waals surface area contributed by atoms with Crippen molar-refractivity contribution in [2.24, 2.45) is 0 Å². The molecule has 0 amide bonds. The summed E-state index contributed by atoms with van der Waals surface area (Å²) < 4.78 is 19.3. The quantitative estimate of drug-likeness (QED) is 0.163. The van der Waals surface area contributed by atoms with Crippen molar-refractivity contribution in [3.8, 4) is 17.2 Å². The molecule has 0 radical (unpaired) electrons. The molecule has 0 aliphatic carbocycles. The Morgan fingerprint density at radius 2 is 1.79 bits per heavy atom. The second-order valence-electron chi connectivity index (χ2n) is 10.5. The molecule has 0 atom stereocenters. The van der Waals surface area contributed by atoms with Crippen molar-refractivity contribution in [3.63, 3.8) is 0 Å². The number of allylic oxidation sites excluding steroid dienone is 1. The molecule has 0 saturated carbocycles. The van der Waals surface area contributed by atoms with Crippen LogP contribution in [0.5, 0.6) is 17.2 Å².